The summed E-state index contributed by atoms with van der Waals surface area (Å²) in [7, 11) is 0. The molecule has 0 bridgehead atoms. The van der Waals surface area contributed by atoms with E-state index >= 15 is 0 Å². The summed E-state index contributed by atoms with van der Waals surface area (Å²) in [5.74, 6) is -0.0445. The second-order valence-electron chi connectivity index (χ2n) is 12.3. The van der Waals surface area contributed by atoms with Crippen LogP contribution >= 0.6 is 0 Å². The number of nitrogens with two attached hydrogens (primary N) is 1. The molecule has 2 fully saturated rings. The number of fused-ring (bicyclic) bond motifs is 2. The molecule has 0 aliphatic carbocycles. The van der Waals surface area contributed by atoms with Crippen LogP contribution in [0.3, 0.4) is 0 Å². The Labute approximate surface area is 268 Å². The van der Waals surface area contributed by atoms with Gasteiger partial charge >= 0.3 is 0 Å². The number of imidazole rings is 1. The summed E-state index contributed by atoms with van der Waals surface area (Å²) in [6.07, 6.45) is 4.83. The van der Waals surface area contributed by atoms with Crippen molar-refractivity contribution in [3.05, 3.63) is 120 Å². The lowest BCUT2D eigenvalue weighted by Crippen LogP contribution is -2.31. The Morgan fingerprint density at radius 3 is 2.28 bits per heavy atom. The van der Waals surface area contributed by atoms with Gasteiger partial charge in [-0.2, -0.15) is 0 Å². The van der Waals surface area contributed by atoms with Crippen LogP contribution < -0.4 is 10.6 Å². The van der Waals surface area contributed by atoms with Crippen molar-refractivity contribution in [3.8, 4) is 0 Å². The van der Waals surface area contributed by atoms with E-state index in [-0.39, 0.29) is 6.61 Å². The molecule has 0 spiro atoms. The molecule has 2 aromatic heterocycles. The van der Waals surface area contributed by atoms with Crippen LogP contribution in [0.15, 0.2) is 97.3 Å². The van der Waals surface area contributed by atoms with Crippen molar-refractivity contribution in [1.82, 2.24) is 14.5 Å². The normalized spacial score (nSPS) is 22.1. The van der Waals surface area contributed by atoms with Gasteiger partial charge in [0.25, 0.3) is 0 Å². The van der Waals surface area contributed by atoms with E-state index < -0.39 is 30.3 Å². The number of aromatic nitrogens is 3. The molecule has 7 rings (SSSR count). The lowest BCUT2D eigenvalue weighted by Gasteiger charge is -2.26. The monoisotopic (exact) mass is 617 g/mol. The largest absolute Gasteiger partial charge is 0.397 e. The molecule has 9 nitrogen and oxygen atoms in total. The Kier molecular flexibility index (Phi) is 8.31. The van der Waals surface area contributed by atoms with E-state index in [1.807, 2.05) is 60.9 Å². The molecule has 0 unspecified atom stereocenters. The first-order valence-corrected chi connectivity index (χ1v) is 15.7. The van der Waals surface area contributed by atoms with Crippen LogP contribution in [0, 0.1) is 0 Å². The Hall–Kier alpha value is -4.54. The van der Waals surface area contributed by atoms with E-state index in [9.17, 15) is 5.11 Å². The molecule has 5 aromatic rings. The van der Waals surface area contributed by atoms with Gasteiger partial charge in [0.05, 0.1) is 18.6 Å². The second kappa shape index (κ2) is 12.7. The number of nitrogen functional groups attached to an aromatic ring is 1. The maximum Gasteiger partial charge on any atom is 0.166 e. The van der Waals surface area contributed by atoms with Crippen molar-refractivity contribution in [3.63, 3.8) is 0 Å². The number of anilines is 2. The predicted octanol–water partition coefficient (Wildman–Crippen LogP) is 5.84. The van der Waals surface area contributed by atoms with E-state index in [1.54, 1.807) is 6.33 Å². The van der Waals surface area contributed by atoms with Crippen LogP contribution in [0.25, 0.3) is 23.3 Å². The molecular formula is C37H39N5O4. The van der Waals surface area contributed by atoms with E-state index in [4.69, 9.17) is 24.9 Å². The minimum Gasteiger partial charge on any atom is -0.397 e. The maximum atomic E-state index is 10.0. The molecule has 2 aliphatic rings. The molecule has 0 radical (unpaired) electrons. The number of pyridine rings is 1. The van der Waals surface area contributed by atoms with Crippen LogP contribution in [0.1, 0.15) is 42.3 Å². The third-order valence-electron chi connectivity index (χ3n) is 8.58. The molecular weight excluding hydrogens is 578 g/mol. The summed E-state index contributed by atoms with van der Waals surface area (Å²) in [5, 5.41) is 10.0. The summed E-state index contributed by atoms with van der Waals surface area (Å²) >= 11 is 0. The molecule has 9 heteroatoms. The highest BCUT2D eigenvalue weighted by Crippen LogP contribution is 2.44. The van der Waals surface area contributed by atoms with Crippen molar-refractivity contribution in [2.45, 2.75) is 57.1 Å². The summed E-state index contributed by atoms with van der Waals surface area (Å²) in [4.78, 5) is 12.0. The first-order valence-electron chi connectivity index (χ1n) is 15.7. The lowest BCUT2D eigenvalue weighted by molar-refractivity contribution is -0.199. The molecule has 2 saturated heterocycles. The summed E-state index contributed by atoms with van der Waals surface area (Å²) in [5.41, 5.74) is 13.1. The third kappa shape index (κ3) is 6.27. The molecule has 46 heavy (non-hydrogen) atoms. The number of nitrogens with zero attached hydrogens (tertiary/aromatic N) is 4. The zero-order valence-electron chi connectivity index (χ0n) is 26.1. The number of aliphatic hydroxyl groups is 1. The van der Waals surface area contributed by atoms with Gasteiger partial charge in [0.15, 0.2) is 17.7 Å². The molecule has 3 N–H and O–H groups in total. The first-order chi connectivity index (χ1) is 22.4. The molecule has 236 valence electrons. The molecule has 4 heterocycles. The fourth-order valence-corrected chi connectivity index (χ4v) is 6.29. The number of hydrogen-bond acceptors (Lipinski definition) is 8. The van der Waals surface area contributed by atoms with Crippen LogP contribution in [-0.2, 0) is 27.2 Å². The number of benzene rings is 3. The van der Waals surface area contributed by atoms with E-state index in [0.717, 1.165) is 24.3 Å². The Morgan fingerprint density at radius 1 is 0.891 bits per heavy atom. The first kappa shape index (κ1) is 30.1. The van der Waals surface area contributed by atoms with Crippen LogP contribution in [0.2, 0.25) is 0 Å². The number of hydrogen-bond donors (Lipinski definition) is 2. The van der Waals surface area contributed by atoms with Gasteiger partial charge in [0, 0.05) is 19.2 Å². The lowest BCUT2D eigenvalue weighted by atomic mass is 10.1. The summed E-state index contributed by atoms with van der Waals surface area (Å²) in [6, 6.07) is 31.2. The van der Waals surface area contributed by atoms with Crippen molar-refractivity contribution in [2.24, 2.45) is 0 Å². The fraction of sp³-hybridized carbons (Fsp3) is 0.297. The van der Waals surface area contributed by atoms with Gasteiger partial charge in [-0.05, 0) is 42.5 Å². The molecule has 2 aliphatic heterocycles. The fourth-order valence-electron chi connectivity index (χ4n) is 6.29. The zero-order valence-corrected chi connectivity index (χ0v) is 26.1. The number of rotatable bonds is 10. The minimum absolute atomic E-state index is 0.181. The Bertz CT molecular complexity index is 1810. The van der Waals surface area contributed by atoms with E-state index in [1.165, 1.54) is 16.7 Å². The van der Waals surface area contributed by atoms with Crippen LogP contribution in [0.5, 0.6) is 0 Å². The second-order valence-corrected chi connectivity index (χ2v) is 12.3. The van der Waals surface area contributed by atoms with Crippen molar-refractivity contribution < 1.29 is 19.3 Å². The van der Waals surface area contributed by atoms with Gasteiger partial charge < -0.3 is 30.0 Å². The van der Waals surface area contributed by atoms with Gasteiger partial charge in [-0.1, -0.05) is 97.1 Å². The van der Waals surface area contributed by atoms with Crippen molar-refractivity contribution >= 4 is 34.8 Å². The SMILES string of the molecule is CC1(C)O[C@@H]2[C@H](O1)[C@@H](CO)O[C@H]2n1cnc2c(N)cc(N(CCc3ccc(/C=C/c4ccccc4)cc3)Cc3ccccc3)nc21. The van der Waals surface area contributed by atoms with Crippen LogP contribution in [0.4, 0.5) is 11.5 Å². The average Bonchev–Trinajstić information content (AvgIpc) is 3.74. The number of ether oxygens (including phenoxy) is 3. The van der Waals surface area contributed by atoms with Gasteiger partial charge in [-0.25, -0.2) is 9.97 Å². The third-order valence-corrected chi connectivity index (χ3v) is 8.58. The van der Waals surface area contributed by atoms with E-state index in [0.29, 0.717) is 23.4 Å². The van der Waals surface area contributed by atoms with Gasteiger partial charge in [0.1, 0.15) is 29.6 Å². The smallest absolute Gasteiger partial charge is 0.166 e. The van der Waals surface area contributed by atoms with Gasteiger partial charge in [-0.15, -0.1) is 0 Å². The average molecular weight is 618 g/mol. The summed E-state index contributed by atoms with van der Waals surface area (Å²) < 4.78 is 20.4. The topological polar surface area (TPSA) is 108 Å². The quantitative estimate of drug-likeness (QED) is 0.188. The van der Waals surface area contributed by atoms with E-state index in [2.05, 4.69) is 70.6 Å². The molecule has 3 aromatic carbocycles. The molecule has 4 atom stereocenters. The Balaban J connectivity index is 1.16. The number of aliphatic hydroxyl groups excluding tert-OH is 1. The van der Waals surface area contributed by atoms with Crippen molar-refractivity contribution in [2.75, 3.05) is 23.8 Å². The minimum atomic E-state index is -0.790. The molecule has 0 amide bonds. The Morgan fingerprint density at radius 2 is 1.57 bits per heavy atom. The van der Waals surface area contributed by atoms with Gasteiger partial charge in [-0.3, -0.25) is 4.57 Å². The predicted molar refractivity (Wildman–Crippen MR) is 180 cm³/mol. The molecule has 0 saturated carbocycles. The highest BCUT2D eigenvalue weighted by Gasteiger charge is 2.56. The van der Waals surface area contributed by atoms with Crippen molar-refractivity contribution in [1.29, 1.82) is 0 Å². The maximum absolute atomic E-state index is 10.0. The highest BCUT2D eigenvalue weighted by molar-refractivity contribution is 5.86. The standard InChI is InChI=1S/C37H39N5O4/c1-37(2)45-33-30(23-43)44-36(34(33)46-37)42-24-39-32-29(38)21-31(40-35(32)42)41(22-28-11-7-4-8-12-28)20-19-27-17-15-26(16-18-27)14-13-25-9-5-3-6-10-25/h3-18,21,24,30,33-34,36,43H,19-20,22-23H2,1-2H3,(H2,38,40)/b14-13+/t30-,33-,34-,36-/m1/s1. The summed E-state index contributed by atoms with van der Waals surface area (Å²) in [6.45, 7) is 4.94. The zero-order chi connectivity index (χ0) is 31.7. The highest BCUT2D eigenvalue weighted by atomic mass is 16.8. The van der Waals surface area contributed by atoms with Crippen LogP contribution in [-0.4, -0.2) is 56.9 Å². The van der Waals surface area contributed by atoms with Gasteiger partial charge in [0.2, 0.25) is 0 Å².